The van der Waals surface area contributed by atoms with Gasteiger partial charge < -0.3 is 29.0 Å². The lowest BCUT2D eigenvalue weighted by atomic mass is 9.94. The molecule has 3 heterocycles. The Morgan fingerprint density at radius 1 is 0.742 bits per heavy atom. The number of rotatable bonds is 2. The number of fused-ring (bicyclic) bond motifs is 3. The first-order chi connectivity index (χ1) is 15.2. The number of benzene rings is 1. The van der Waals surface area contributed by atoms with Crippen LogP contribution in [0, 0.1) is 0 Å². The monoisotopic (exact) mass is 429 g/mol. The SMILES string of the molecule is O=C(Nc1ccccc1)[C@@H]1O[C@@H]2OC3(CCCCC3)O[C@@H]2[C@@H]2OC3(CCCCC3)O[C@@H]21. The minimum atomic E-state index is -0.810. The summed E-state index contributed by atoms with van der Waals surface area (Å²) in [6, 6.07) is 9.43. The van der Waals surface area contributed by atoms with Crippen molar-refractivity contribution in [1.29, 1.82) is 0 Å². The van der Waals surface area contributed by atoms with Gasteiger partial charge in [0.2, 0.25) is 0 Å². The summed E-state index contributed by atoms with van der Waals surface area (Å²) in [5, 5.41) is 2.97. The quantitative estimate of drug-likeness (QED) is 0.769. The van der Waals surface area contributed by atoms with Crippen LogP contribution in [0.4, 0.5) is 5.69 Å². The first-order valence-corrected chi connectivity index (χ1v) is 11.9. The number of hydrogen-bond acceptors (Lipinski definition) is 6. The maximum atomic E-state index is 13.3. The molecule has 2 aliphatic carbocycles. The van der Waals surface area contributed by atoms with Gasteiger partial charge in [0.05, 0.1) is 0 Å². The lowest BCUT2D eigenvalue weighted by Crippen LogP contribution is -2.58. The average Bonchev–Trinajstić information content (AvgIpc) is 3.33. The van der Waals surface area contributed by atoms with E-state index in [0.717, 1.165) is 57.1 Å². The van der Waals surface area contributed by atoms with Gasteiger partial charge >= 0.3 is 0 Å². The van der Waals surface area contributed by atoms with E-state index >= 15 is 0 Å². The largest absolute Gasteiger partial charge is 0.341 e. The molecule has 0 bridgehead atoms. The summed E-state index contributed by atoms with van der Waals surface area (Å²) in [6.45, 7) is 0. The van der Waals surface area contributed by atoms with Gasteiger partial charge in [-0.15, -0.1) is 0 Å². The van der Waals surface area contributed by atoms with Crippen molar-refractivity contribution in [2.45, 2.75) is 106 Å². The minimum Gasteiger partial charge on any atom is -0.341 e. The number of ether oxygens (including phenoxy) is 5. The van der Waals surface area contributed by atoms with Gasteiger partial charge in [-0.1, -0.05) is 31.0 Å². The van der Waals surface area contributed by atoms with Crippen LogP contribution in [-0.4, -0.2) is 48.2 Å². The molecule has 168 valence electrons. The molecule has 1 aromatic carbocycles. The van der Waals surface area contributed by atoms with E-state index < -0.39 is 30.1 Å². The van der Waals surface area contributed by atoms with Crippen molar-refractivity contribution in [3.8, 4) is 0 Å². The zero-order valence-electron chi connectivity index (χ0n) is 17.8. The summed E-state index contributed by atoms with van der Waals surface area (Å²) in [7, 11) is 0. The van der Waals surface area contributed by atoms with Gasteiger partial charge in [-0.25, -0.2) is 0 Å². The standard InChI is InChI=1S/C24H31NO6/c26-21(25-16-10-4-1-5-11-16)19-17-18(29-23(28-17)12-6-2-7-13-23)20-22(27-19)31-24(30-20)14-8-3-9-15-24/h1,4-5,10-11,17-20,22H,2-3,6-9,12-15H2,(H,25,26)/t17-,18+,19+,20+,22+/m0/s1. The highest BCUT2D eigenvalue weighted by molar-refractivity contribution is 5.94. The molecule has 1 amide bonds. The first-order valence-electron chi connectivity index (χ1n) is 11.9. The van der Waals surface area contributed by atoms with Crippen LogP contribution in [-0.2, 0) is 28.5 Å². The van der Waals surface area contributed by atoms with Gasteiger partial charge in [0, 0.05) is 31.4 Å². The Kier molecular flexibility index (Phi) is 5.07. The van der Waals surface area contributed by atoms with Crippen LogP contribution in [0.1, 0.15) is 64.2 Å². The molecule has 0 aromatic heterocycles. The summed E-state index contributed by atoms with van der Waals surface area (Å²) in [5.41, 5.74) is 0.730. The maximum Gasteiger partial charge on any atom is 0.256 e. The van der Waals surface area contributed by atoms with Crippen molar-refractivity contribution < 1.29 is 28.5 Å². The molecule has 6 rings (SSSR count). The van der Waals surface area contributed by atoms with Crippen LogP contribution < -0.4 is 5.32 Å². The van der Waals surface area contributed by atoms with Crippen LogP contribution in [0.5, 0.6) is 0 Å². The Bertz CT molecular complexity index is 804. The van der Waals surface area contributed by atoms with E-state index in [1.165, 1.54) is 12.8 Å². The van der Waals surface area contributed by atoms with Crippen LogP contribution in [0.25, 0.3) is 0 Å². The fraction of sp³-hybridized carbons (Fsp3) is 0.708. The van der Waals surface area contributed by atoms with Gasteiger partial charge in [0.1, 0.15) is 18.3 Å². The molecule has 1 N–H and O–H groups in total. The second-order valence-corrected chi connectivity index (χ2v) is 9.59. The highest BCUT2D eigenvalue weighted by Crippen LogP contribution is 2.51. The molecular formula is C24H31NO6. The Morgan fingerprint density at radius 2 is 1.32 bits per heavy atom. The van der Waals surface area contributed by atoms with Crippen molar-refractivity contribution in [2.75, 3.05) is 5.32 Å². The van der Waals surface area contributed by atoms with Crippen molar-refractivity contribution in [1.82, 2.24) is 0 Å². The zero-order valence-corrected chi connectivity index (χ0v) is 17.8. The summed E-state index contributed by atoms with van der Waals surface area (Å²) >= 11 is 0. The number of anilines is 1. The molecule has 5 atom stereocenters. The number of carbonyl (C=O) groups excluding carboxylic acids is 1. The Morgan fingerprint density at radius 3 is 2.00 bits per heavy atom. The summed E-state index contributed by atoms with van der Waals surface area (Å²) < 4.78 is 32.2. The molecule has 5 fully saturated rings. The third-order valence-electron chi connectivity index (χ3n) is 7.41. The molecule has 7 nitrogen and oxygen atoms in total. The van der Waals surface area contributed by atoms with Crippen LogP contribution in [0.3, 0.4) is 0 Å². The smallest absolute Gasteiger partial charge is 0.256 e. The van der Waals surface area contributed by atoms with Crippen LogP contribution in [0.2, 0.25) is 0 Å². The van der Waals surface area contributed by atoms with E-state index in [-0.39, 0.29) is 18.1 Å². The molecule has 0 radical (unpaired) electrons. The van der Waals surface area contributed by atoms with E-state index in [1.807, 2.05) is 30.3 Å². The normalized spacial score (nSPS) is 38.0. The topological polar surface area (TPSA) is 75.3 Å². The van der Waals surface area contributed by atoms with Crippen LogP contribution in [0.15, 0.2) is 30.3 Å². The third-order valence-corrected chi connectivity index (χ3v) is 7.41. The second-order valence-electron chi connectivity index (χ2n) is 9.59. The molecule has 2 saturated carbocycles. The predicted octanol–water partition coefficient (Wildman–Crippen LogP) is 3.87. The minimum absolute atomic E-state index is 0.232. The number of para-hydroxylation sites is 1. The molecule has 0 unspecified atom stereocenters. The van der Waals surface area contributed by atoms with Gasteiger partial charge in [-0.3, -0.25) is 4.79 Å². The lowest BCUT2D eigenvalue weighted by Gasteiger charge is -2.36. The van der Waals surface area contributed by atoms with Gasteiger partial charge in [-0.2, -0.15) is 0 Å². The highest BCUT2D eigenvalue weighted by atomic mass is 16.9. The molecule has 2 spiro atoms. The fourth-order valence-electron chi connectivity index (χ4n) is 5.90. The highest BCUT2D eigenvalue weighted by Gasteiger charge is 2.65. The summed E-state index contributed by atoms with van der Waals surface area (Å²) in [4.78, 5) is 13.3. The van der Waals surface area contributed by atoms with Gasteiger partial charge in [0.25, 0.3) is 5.91 Å². The Balaban J connectivity index is 1.28. The number of amides is 1. The third kappa shape index (κ3) is 3.60. The summed E-state index contributed by atoms with van der Waals surface area (Å²) in [6.07, 6.45) is 7.39. The molecule has 7 heteroatoms. The maximum absolute atomic E-state index is 13.3. The molecular weight excluding hydrogens is 398 g/mol. The van der Waals surface area contributed by atoms with E-state index in [0.29, 0.717) is 0 Å². The molecule has 31 heavy (non-hydrogen) atoms. The molecule has 3 aliphatic heterocycles. The van der Waals surface area contributed by atoms with E-state index in [2.05, 4.69) is 5.32 Å². The number of hydrogen-bond donors (Lipinski definition) is 1. The van der Waals surface area contributed by atoms with E-state index in [9.17, 15) is 4.79 Å². The van der Waals surface area contributed by atoms with Crippen molar-refractivity contribution in [3.05, 3.63) is 30.3 Å². The van der Waals surface area contributed by atoms with Crippen molar-refractivity contribution in [3.63, 3.8) is 0 Å². The van der Waals surface area contributed by atoms with E-state index in [4.69, 9.17) is 23.7 Å². The average molecular weight is 430 g/mol. The Labute approximate surface area is 182 Å². The number of carbonyl (C=O) groups is 1. The van der Waals surface area contributed by atoms with E-state index in [1.54, 1.807) is 0 Å². The predicted molar refractivity (Wildman–Crippen MR) is 111 cm³/mol. The molecule has 5 aliphatic rings. The number of nitrogens with one attached hydrogen (secondary N) is 1. The van der Waals surface area contributed by atoms with Crippen molar-refractivity contribution >= 4 is 11.6 Å². The molecule has 1 aromatic rings. The second kappa shape index (κ2) is 7.81. The zero-order chi connectivity index (χ0) is 20.9. The lowest BCUT2D eigenvalue weighted by molar-refractivity contribution is -0.246. The van der Waals surface area contributed by atoms with Crippen molar-refractivity contribution in [2.24, 2.45) is 0 Å². The summed E-state index contributed by atoms with van der Waals surface area (Å²) in [5.74, 6) is -1.48. The fourth-order valence-corrected chi connectivity index (χ4v) is 5.90. The molecule has 3 saturated heterocycles. The first kappa shape index (κ1) is 20.1. The van der Waals surface area contributed by atoms with Gasteiger partial charge in [0.15, 0.2) is 24.0 Å². The van der Waals surface area contributed by atoms with Crippen LogP contribution >= 0.6 is 0 Å². The van der Waals surface area contributed by atoms with Gasteiger partial charge in [-0.05, 0) is 37.8 Å². The Hall–Kier alpha value is -1.51.